The van der Waals surface area contributed by atoms with Gasteiger partial charge in [0.25, 0.3) is 0 Å². The van der Waals surface area contributed by atoms with Crippen LogP contribution in [-0.4, -0.2) is 69.5 Å². The van der Waals surface area contributed by atoms with E-state index in [4.69, 9.17) is 0 Å². The van der Waals surface area contributed by atoms with Crippen molar-refractivity contribution in [1.29, 1.82) is 0 Å². The lowest BCUT2D eigenvalue weighted by atomic mass is 10.1. The summed E-state index contributed by atoms with van der Waals surface area (Å²) < 4.78 is 32.8. The highest BCUT2D eigenvalue weighted by Crippen LogP contribution is 2.21. The van der Waals surface area contributed by atoms with Crippen LogP contribution in [0.15, 0.2) is 0 Å². The van der Waals surface area contributed by atoms with Gasteiger partial charge in [0.1, 0.15) is 18.3 Å². The zero-order chi connectivity index (χ0) is 16.0. The molecule has 0 N–H and O–H groups in total. The molecular formula is C12H19NO7S. The molecule has 1 amide bonds. The van der Waals surface area contributed by atoms with Crippen molar-refractivity contribution < 1.29 is 32.3 Å². The molecule has 0 bridgehead atoms. The van der Waals surface area contributed by atoms with Crippen LogP contribution >= 0.6 is 0 Å². The molecule has 1 aliphatic heterocycles. The van der Waals surface area contributed by atoms with Crippen molar-refractivity contribution in [1.82, 2.24) is 4.90 Å². The molecule has 1 rings (SSSR count). The molecule has 0 spiro atoms. The Balaban J connectivity index is 2.92. The highest BCUT2D eigenvalue weighted by Gasteiger charge is 2.38. The molecule has 8 nitrogen and oxygen atoms in total. The summed E-state index contributed by atoms with van der Waals surface area (Å²) in [6, 6.07) is 0. The molecule has 1 atom stereocenters. The zero-order valence-electron chi connectivity index (χ0n) is 12.0. The van der Waals surface area contributed by atoms with Crippen LogP contribution in [0.1, 0.15) is 19.3 Å². The van der Waals surface area contributed by atoms with E-state index in [2.05, 4.69) is 9.47 Å². The first kappa shape index (κ1) is 17.4. The van der Waals surface area contributed by atoms with Crippen LogP contribution < -0.4 is 0 Å². The Labute approximate surface area is 123 Å². The van der Waals surface area contributed by atoms with E-state index in [1.165, 1.54) is 0 Å². The Bertz CT molecular complexity index is 496. The summed E-state index contributed by atoms with van der Waals surface area (Å²) in [6.45, 7) is -0.979. The average Bonchev–Trinajstić information content (AvgIpc) is 2.45. The average molecular weight is 321 g/mol. The van der Waals surface area contributed by atoms with Crippen molar-refractivity contribution in [2.75, 3.05) is 33.1 Å². The monoisotopic (exact) mass is 321 g/mol. The summed E-state index contributed by atoms with van der Waals surface area (Å²) in [4.78, 5) is 35.9. The third kappa shape index (κ3) is 4.69. The fraction of sp³-hybridized carbons (Fsp3) is 0.750. The van der Waals surface area contributed by atoms with E-state index in [1.54, 1.807) is 0 Å². The molecule has 0 saturated carbocycles. The Morgan fingerprint density at radius 1 is 1.05 bits per heavy atom. The molecule has 9 heteroatoms. The largest absolute Gasteiger partial charge is 0.468 e. The van der Waals surface area contributed by atoms with Gasteiger partial charge in [0.2, 0.25) is 5.91 Å². The zero-order valence-corrected chi connectivity index (χ0v) is 12.8. The van der Waals surface area contributed by atoms with Gasteiger partial charge in [-0.15, -0.1) is 0 Å². The minimum atomic E-state index is -3.55. The van der Waals surface area contributed by atoms with Gasteiger partial charge in [0.15, 0.2) is 9.84 Å². The highest BCUT2D eigenvalue weighted by molar-refractivity contribution is 7.92. The molecule has 0 aromatic rings. The van der Waals surface area contributed by atoms with Crippen LogP contribution in [0.25, 0.3) is 0 Å². The minimum Gasteiger partial charge on any atom is -0.468 e. The van der Waals surface area contributed by atoms with Crippen LogP contribution in [0.5, 0.6) is 0 Å². The lowest BCUT2D eigenvalue weighted by molar-refractivity contribution is -0.152. The highest BCUT2D eigenvalue weighted by atomic mass is 32.2. The second-order valence-electron chi connectivity index (χ2n) is 4.70. The molecule has 0 aromatic carbocycles. The summed E-state index contributed by atoms with van der Waals surface area (Å²) in [7, 11) is -1.27. The molecule has 21 heavy (non-hydrogen) atoms. The fourth-order valence-corrected chi connectivity index (χ4v) is 3.96. The van der Waals surface area contributed by atoms with Crippen LogP contribution in [0.3, 0.4) is 0 Å². The number of ether oxygens (including phenoxy) is 2. The smallest absolute Gasteiger partial charge is 0.325 e. The van der Waals surface area contributed by atoms with E-state index < -0.39 is 46.0 Å². The van der Waals surface area contributed by atoms with Gasteiger partial charge in [0.05, 0.1) is 20.0 Å². The molecule has 120 valence electrons. The van der Waals surface area contributed by atoms with Crippen molar-refractivity contribution in [3.63, 3.8) is 0 Å². The van der Waals surface area contributed by atoms with E-state index in [0.717, 1.165) is 19.1 Å². The maximum Gasteiger partial charge on any atom is 0.325 e. The molecule has 0 aliphatic carbocycles. The Morgan fingerprint density at radius 3 is 2.00 bits per heavy atom. The van der Waals surface area contributed by atoms with Gasteiger partial charge in [-0.1, -0.05) is 6.42 Å². The molecule has 1 unspecified atom stereocenters. The number of hydrogen-bond acceptors (Lipinski definition) is 7. The second kappa shape index (κ2) is 7.39. The number of methoxy groups -OCH3 is 2. The fourth-order valence-electron chi connectivity index (χ4n) is 2.09. The van der Waals surface area contributed by atoms with E-state index in [0.29, 0.717) is 12.8 Å². The number of rotatable bonds is 5. The minimum absolute atomic E-state index is 0.0618. The number of hydrogen-bond donors (Lipinski definition) is 0. The second-order valence-corrected chi connectivity index (χ2v) is 7.00. The van der Waals surface area contributed by atoms with Crippen molar-refractivity contribution in [2.45, 2.75) is 24.5 Å². The molecule has 0 aromatic heterocycles. The summed E-state index contributed by atoms with van der Waals surface area (Å²) >= 11 is 0. The van der Waals surface area contributed by atoms with Crippen LogP contribution in [0.4, 0.5) is 0 Å². The Morgan fingerprint density at radius 2 is 1.57 bits per heavy atom. The predicted octanol–water partition coefficient (Wildman–Crippen LogP) is -0.872. The lowest BCUT2D eigenvalue weighted by Crippen LogP contribution is -2.49. The number of sulfone groups is 1. The van der Waals surface area contributed by atoms with E-state index in [-0.39, 0.29) is 12.2 Å². The number of esters is 2. The molecular weight excluding hydrogens is 302 g/mol. The van der Waals surface area contributed by atoms with Crippen LogP contribution in [-0.2, 0) is 33.7 Å². The topological polar surface area (TPSA) is 107 Å². The SMILES string of the molecule is COC(=O)CN(CC(=O)OC)C(=O)C1CCCCS1(=O)=O. The lowest BCUT2D eigenvalue weighted by Gasteiger charge is -2.27. The van der Waals surface area contributed by atoms with Gasteiger partial charge in [-0.3, -0.25) is 14.4 Å². The predicted molar refractivity (Wildman–Crippen MR) is 72.0 cm³/mol. The standard InChI is InChI=1S/C12H19NO7S/c1-19-10(14)7-13(8-11(15)20-2)12(16)9-5-3-4-6-21(9,17)18/h9H,3-8H2,1-2H3. The van der Waals surface area contributed by atoms with E-state index in [9.17, 15) is 22.8 Å². The van der Waals surface area contributed by atoms with Crippen molar-refractivity contribution in [2.24, 2.45) is 0 Å². The third-order valence-electron chi connectivity index (χ3n) is 3.26. The number of amides is 1. The normalized spacial score (nSPS) is 20.4. The summed E-state index contributed by atoms with van der Waals surface area (Å²) in [5.74, 6) is -2.29. The maximum absolute atomic E-state index is 12.3. The first-order valence-electron chi connectivity index (χ1n) is 6.45. The number of nitrogens with zero attached hydrogens (tertiary/aromatic N) is 1. The molecule has 1 saturated heterocycles. The van der Waals surface area contributed by atoms with Gasteiger partial charge in [0, 0.05) is 0 Å². The van der Waals surface area contributed by atoms with Gasteiger partial charge in [-0.05, 0) is 12.8 Å². The van der Waals surface area contributed by atoms with E-state index >= 15 is 0 Å². The molecule has 0 radical (unpaired) electrons. The van der Waals surface area contributed by atoms with Crippen molar-refractivity contribution in [3.8, 4) is 0 Å². The summed E-state index contributed by atoms with van der Waals surface area (Å²) in [5, 5.41) is -1.21. The third-order valence-corrected chi connectivity index (χ3v) is 5.42. The van der Waals surface area contributed by atoms with Crippen molar-refractivity contribution >= 4 is 27.7 Å². The van der Waals surface area contributed by atoms with Gasteiger partial charge in [-0.25, -0.2) is 8.42 Å². The van der Waals surface area contributed by atoms with E-state index in [1.807, 2.05) is 0 Å². The van der Waals surface area contributed by atoms with Crippen LogP contribution in [0, 0.1) is 0 Å². The molecule has 1 aliphatic rings. The first-order valence-corrected chi connectivity index (χ1v) is 8.17. The number of carbonyl (C=O) groups excluding carboxylic acids is 3. The van der Waals surface area contributed by atoms with Gasteiger partial charge < -0.3 is 14.4 Å². The first-order chi connectivity index (χ1) is 9.81. The number of carbonyl (C=O) groups is 3. The Hall–Kier alpha value is -1.64. The maximum atomic E-state index is 12.3. The van der Waals surface area contributed by atoms with Crippen LogP contribution in [0.2, 0.25) is 0 Å². The quantitative estimate of drug-likeness (QED) is 0.606. The molecule has 1 fully saturated rings. The van der Waals surface area contributed by atoms with Crippen molar-refractivity contribution in [3.05, 3.63) is 0 Å². The summed E-state index contributed by atoms with van der Waals surface area (Å²) in [6.07, 6.45) is 1.32. The Kier molecular flexibility index (Phi) is 6.13. The summed E-state index contributed by atoms with van der Waals surface area (Å²) in [5.41, 5.74) is 0. The van der Waals surface area contributed by atoms with Gasteiger partial charge >= 0.3 is 11.9 Å². The van der Waals surface area contributed by atoms with Gasteiger partial charge in [-0.2, -0.15) is 0 Å². The molecule has 1 heterocycles.